The zero-order valence-electron chi connectivity index (χ0n) is 36.1. The largest absolute Gasteiger partial charge is 0.374 e. The van der Waals surface area contributed by atoms with Gasteiger partial charge in [-0.25, -0.2) is 18.7 Å². The van der Waals surface area contributed by atoms with E-state index in [0.29, 0.717) is 66.8 Å². The van der Waals surface area contributed by atoms with Gasteiger partial charge in [0, 0.05) is 71.9 Å². The summed E-state index contributed by atoms with van der Waals surface area (Å²) in [7, 11) is 0. The number of aromatic nitrogens is 3. The summed E-state index contributed by atoms with van der Waals surface area (Å²) in [5, 5.41) is 10.4. The molecule has 6 aliphatic heterocycles. The first-order chi connectivity index (χ1) is 32.0. The number of nitrogens with zero attached hydrogens (tertiary/aromatic N) is 7. The van der Waals surface area contributed by atoms with Gasteiger partial charge in [-0.2, -0.15) is 0 Å². The van der Waals surface area contributed by atoms with Crippen LogP contribution in [0.25, 0.3) is 11.1 Å². The first-order valence-corrected chi connectivity index (χ1v) is 23.6. The second kappa shape index (κ2) is 17.0. The second-order valence-electron chi connectivity index (χ2n) is 18.2. The SMILES string of the molecule is O=C1CC[C@H](Nc2ccc(C3CCN(CC(=O)N4C[C@H]5C[C@@H]4CN5c4ccc(-c5cc(F)c6c(c5)C(=O)N(C(C(=O)Nc5nccs5)c5ncn7c5CCC7)C6)cc4)CC3)c(F)c2)C(=O)N1. The number of piperidine rings is 2. The number of halogens is 2. The zero-order valence-corrected chi connectivity index (χ0v) is 36.9. The Morgan fingerprint density at radius 3 is 2.47 bits per heavy atom. The van der Waals surface area contributed by atoms with Gasteiger partial charge in [-0.05, 0) is 111 Å². The summed E-state index contributed by atoms with van der Waals surface area (Å²) in [5.41, 5.74) is 5.34. The molecule has 340 valence electrons. The van der Waals surface area contributed by atoms with E-state index in [1.54, 1.807) is 36.1 Å². The van der Waals surface area contributed by atoms with Crippen molar-refractivity contribution in [3.05, 3.63) is 112 Å². The molecule has 6 aliphatic rings. The molecule has 8 heterocycles. The van der Waals surface area contributed by atoms with Crippen molar-refractivity contribution in [3.8, 4) is 11.1 Å². The summed E-state index contributed by atoms with van der Waals surface area (Å²) in [5.74, 6) is -2.28. The van der Waals surface area contributed by atoms with Crippen molar-refractivity contribution in [2.24, 2.45) is 0 Å². The average molecular weight is 915 g/mol. The van der Waals surface area contributed by atoms with Gasteiger partial charge in [0.25, 0.3) is 11.8 Å². The van der Waals surface area contributed by atoms with Crippen molar-refractivity contribution in [1.29, 1.82) is 0 Å². The van der Waals surface area contributed by atoms with Crippen molar-refractivity contribution in [3.63, 3.8) is 0 Å². The van der Waals surface area contributed by atoms with Crippen molar-refractivity contribution in [2.45, 2.75) is 88.1 Å². The fourth-order valence-electron chi connectivity index (χ4n) is 11.0. The summed E-state index contributed by atoms with van der Waals surface area (Å²) in [6.45, 7) is 3.76. The molecule has 5 aromatic rings. The predicted octanol–water partition coefficient (Wildman–Crippen LogP) is 5.45. The van der Waals surface area contributed by atoms with E-state index in [4.69, 9.17) is 0 Å². The number of imide groups is 1. The molecule has 5 amide bonds. The fourth-order valence-corrected chi connectivity index (χ4v) is 11.5. The lowest BCUT2D eigenvalue weighted by Gasteiger charge is -2.38. The number of hydrogen-bond acceptors (Lipinski definition) is 11. The number of hydrogen-bond donors (Lipinski definition) is 3. The number of amides is 5. The number of aryl methyl sites for hydroxylation is 1. The van der Waals surface area contributed by atoms with Gasteiger partial charge in [0.1, 0.15) is 17.7 Å². The van der Waals surface area contributed by atoms with E-state index in [1.807, 2.05) is 33.7 Å². The van der Waals surface area contributed by atoms with Crippen LogP contribution in [-0.4, -0.2) is 110 Å². The zero-order chi connectivity index (χ0) is 45.2. The number of piperazine rings is 1. The summed E-state index contributed by atoms with van der Waals surface area (Å²) in [4.78, 5) is 82.0. The first-order valence-electron chi connectivity index (χ1n) is 22.7. The first kappa shape index (κ1) is 42.1. The maximum absolute atomic E-state index is 16.0. The summed E-state index contributed by atoms with van der Waals surface area (Å²) < 4.78 is 33.3. The van der Waals surface area contributed by atoms with Gasteiger partial charge in [0.15, 0.2) is 11.2 Å². The maximum atomic E-state index is 16.0. The highest BCUT2D eigenvalue weighted by molar-refractivity contribution is 7.13. The topological polar surface area (TPSA) is 165 Å². The van der Waals surface area contributed by atoms with E-state index in [1.165, 1.54) is 28.4 Å². The standard InChI is InChI=1S/C48H48F2N10O5S/c49-37-19-29(18-35-36(37)24-60(47(35)65)44(46(64)55-48-51-13-17-66-48)43-40-2-1-14-57(40)26-52-43)27-3-6-31(7-4-27)58-22-33-21-32(58)23-59(33)42(62)25-56-15-11-28(12-16-56)34-8-5-30(20-38(34)50)53-39-9-10-41(61)54-45(39)63/h3-8,13,17-20,26,28,32-33,39,44,53H,1-2,9-12,14-16,21-25H2,(H,51,55,64)(H,54,61,63)/t32-,33-,39+,44?/m1/s1. The smallest absolute Gasteiger partial charge is 0.255 e. The molecule has 0 saturated carbocycles. The molecule has 0 radical (unpaired) electrons. The van der Waals surface area contributed by atoms with Crippen LogP contribution in [0.5, 0.6) is 0 Å². The molecule has 11 rings (SSSR count). The molecular weight excluding hydrogens is 867 g/mol. The molecule has 0 aliphatic carbocycles. The summed E-state index contributed by atoms with van der Waals surface area (Å²) >= 11 is 1.27. The van der Waals surface area contributed by atoms with Gasteiger partial charge in [-0.3, -0.25) is 39.5 Å². The Hall–Kier alpha value is -6.53. The lowest BCUT2D eigenvalue weighted by atomic mass is 9.89. The van der Waals surface area contributed by atoms with E-state index in [0.717, 1.165) is 55.6 Å². The maximum Gasteiger partial charge on any atom is 0.255 e. The third-order valence-electron chi connectivity index (χ3n) is 14.3. The molecule has 66 heavy (non-hydrogen) atoms. The van der Waals surface area contributed by atoms with E-state index in [-0.39, 0.29) is 59.7 Å². The van der Waals surface area contributed by atoms with Crippen molar-refractivity contribution in [1.82, 2.24) is 34.6 Å². The highest BCUT2D eigenvalue weighted by Crippen LogP contribution is 2.40. The minimum atomic E-state index is -1.06. The molecule has 18 heteroatoms. The lowest BCUT2D eigenvalue weighted by molar-refractivity contribution is -0.134. The van der Waals surface area contributed by atoms with Crippen LogP contribution in [0, 0.1) is 11.6 Å². The molecule has 2 aromatic heterocycles. The molecule has 15 nitrogen and oxygen atoms in total. The van der Waals surface area contributed by atoms with Crippen molar-refractivity contribution < 1.29 is 32.8 Å². The van der Waals surface area contributed by atoms with Crippen LogP contribution in [-0.2, 0) is 38.7 Å². The Balaban J connectivity index is 0.697. The normalized spacial score (nSPS) is 22.2. The monoisotopic (exact) mass is 914 g/mol. The third-order valence-corrected chi connectivity index (χ3v) is 15.0. The van der Waals surface area contributed by atoms with Crippen LogP contribution in [0.3, 0.4) is 0 Å². The number of likely N-dealkylation sites (tertiary alicyclic amines) is 2. The Morgan fingerprint density at radius 2 is 1.73 bits per heavy atom. The Morgan fingerprint density at radius 1 is 0.894 bits per heavy atom. The molecule has 4 fully saturated rings. The number of carbonyl (C=O) groups is 5. The lowest BCUT2D eigenvalue weighted by Crippen LogP contribution is -2.52. The van der Waals surface area contributed by atoms with Crippen LogP contribution < -0.4 is 20.9 Å². The van der Waals surface area contributed by atoms with Gasteiger partial charge in [0.05, 0.1) is 31.2 Å². The Labute approximate surface area is 383 Å². The number of nitrogens with one attached hydrogen (secondary N) is 3. The second-order valence-corrected chi connectivity index (χ2v) is 19.1. The highest BCUT2D eigenvalue weighted by Gasteiger charge is 2.46. The van der Waals surface area contributed by atoms with Crippen LogP contribution >= 0.6 is 11.3 Å². The number of fused-ring (bicyclic) bond motifs is 4. The molecule has 3 N–H and O–H groups in total. The Kier molecular flexibility index (Phi) is 10.9. The number of thiazole rings is 1. The molecule has 2 bridgehead atoms. The van der Waals surface area contributed by atoms with Gasteiger partial charge in [-0.1, -0.05) is 18.2 Å². The number of benzene rings is 3. The molecular formula is C48H48F2N10O5S. The van der Waals surface area contributed by atoms with Crippen LogP contribution in [0.15, 0.2) is 72.5 Å². The van der Waals surface area contributed by atoms with E-state index >= 15 is 8.78 Å². The quantitative estimate of drug-likeness (QED) is 0.145. The number of carbonyl (C=O) groups excluding carboxylic acids is 5. The summed E-state index contributed by atoms with van der Waals surface area (Å²) in [6, 6.07) is 14.6. The molecule has 4 saturated heterocycles. The van der Waals surface area contributed by atoms with Crippen LogP contribution in [0.4, 0.5) is 25.3 Å². The minimum absolute atomic E-state index is 0.0272. The van der Waals surface area contributed by atoms with Gasteiger partial charge < -0.3 is 24.6 Å². The number of rotatable bonds is 11. The molecule has 3 aromatic carbocycles. The fraction of sp³-hybridized carbons (Fsp3) is 0.396. The Bertz CT molecular complexity index is 2760. The van der Waals surface area contributed by atoms with Crippen molar-refractivity contribution in [2.75, 3.05) is 48.3 Å². The van der Waals surface area contributed by atoms with Crippen LogP contribution in [0.2, 0.25) is 0 Å². The highest BCUT2D eigenvalue weighted by atomic mass is 32.1. The molecule has 0 spiro atoms. The molecule has 1 unspecified atom stereocenters. The van der Waals surface area contributed by atoms with E-state index in [2.05, 4.69) is 35.7 Å². The predicted molar refractivity (Wildman–Crippen MR) is 242 cm³/mol. The number of anilines is 3. The van der Waals surface area contributed by atoms with E-state index in [9.17, 15) is 24.0 Å². The van der Waals surface area contributed by atoms with Gasteiger partial charge in [0.2, 0.25) is 17.7 Å². The summed E-state index contributed by atoms with van der Waals surface area (Å²) in [6.07, 6.45) is 7.88. The van der Waals surface area contributed by atoms with Crippen molar-refractivity contribution >= 4 is 57.4 Å². The average Bonchev–Trinajstić information content (AvgIpc) is 4.19. The van der Waals surface area contributed by atoms with E-state index < -0.39 is 35.6 Å². The third kappa shape index (κ3) is 7.78. The minimum Gasteiger partial charge on any atom is -0.374 e. The number of imidazole rings is 1. The molecule has 4 atom stereocenters. The van der Waals surface area contributed by atoms with Gasteiger partial charge in [-0.15, -0.1) is 11.3 Å². The van der Waals surface area contributed by atoms with Crippen LogP contribution in [0.1, 0.15) is 83.4 Å². The van der Waals surface area contributed by atoms with Gasteiger partial charge >= 0.3 is 0 Å².